The molecule has 0 aliphatic rings. The van der Waals surface area contributed by atoms with E-state index >= 15 is 0 Å². The molecule has 0 aliphatic heterocycles. The van der Waals surface area contributed by atoms with Gasteiger partial charge in [-0.1, -0.05) is 12.1 Å². The molecule has 1 aromatic carbocycles. The normalized spacial score (nSPS) is 11.4. The van der Waals surface area contributed by atoms with Crippen LogP contribution in [0.1, 0.15) is 17.0 Å². The second-order valence-electron chi connectivity index (χ2n) is 6.10. The summed E-state index contributed by atoms with van der Waals surface area (Å²) < 4.78 is 40.3. The average molecular weight is 389 g/mol. The lowest BCUT2D eigenvalue weighted by atomic mass is 10.1. The molecule has 7 nitrogen and oxygen atoms in total. The number of nitrogens with one attached hydrogen (secondary N) is 3. The fourth-order valence-electron chi connectivity index (χ4n) is 2.69. The monoisotopic (exact) mass is 389 g/mol. The first kappa shape index (κ1) is 18.8. The summed E-state index contributed by atoms with van der Waals surface area (Å²) in [7, 11) is -3.76. The Labute approximate surface area is 157 Å². The van der Waals surface area contributed by atoms with Crippen molar-refractivity contribution >= 4 is 21.5 Å². The molecule has 142 valence electrons. The van der Waals surface area contributed by atoms with Gasteiger partial charge in [-0.05, 0) is 50.1 Å². The lowest BCUT2D eigenvalue weighted by Gasteiger charge is -2.09. The first-order valence-corrected chi connectivity index (χ1v) is 9.82. The Morgan fingerprint density at radius 2 is 1.85 bits per heavy atom. The van der Waals surface area contributed by atoms with Crippen molar-refractivity contribution in [2.75, 3.05) is 16.6 Å². The molecule has 9 heteroatoms. The highest BCUT2D eigenvalue weighted by atomic mass is 32.2. The standard InChI is InChI=1S/C18H20FN5O2S/c1-12-18(13(2)23-22-12)27(25,26)24-17-8-7-16(11-21-17)20-10-9-14-3-5-15(19)6-4-14/h3-8,11,20H,9-10H2,1-2H3,(H,21,24)(H,22,23). The number of hydrogen-bond acceptors (Lipinski definition) is 5. The molecule has 3 N–H and O–H groups in total. The van der Waals surface area contributed by atoms with Gasteiger partial charge in [0.1, 0.15) is 16.5 Å². The third-order valence-corrected chi connectivity index (χ3v) is 5.60. The van der Waals surface area contributed by atoms with Crippen molar-refractivity contribution in [2.24, 2.45) is 0 Å². The Morgan fingerprint density at radius 1 is 1.11 bits per heavy atom. The van der Waals surface area contributed by atoms with Crippen LogP contribution in [0.4, 0.5) is 15.9 Å². The van der Waals surface area contributed by atoms with Gasteiger partial charge in [0.05, 0.1) is 23.3 Å². The molecule has 3 rings (SSSR count). The van der Waals surface area contributed by atoms with E-state index in [0.29, 0.717) is 17.9 Å². The summed E-state index contributed by atoms with van der Waals surface area (Å²) in [5.41, 5.74) is 2.65. The number of pyridine rings is 1. The van der Waals surface area contributed by atoms with E-state index in [1.165, 1.54) is 12.1 Å². The highest BCUT2D eigenvalue weighted by molar-refractivity contribution is 7.92. The van der Waals surface area contributed by atoms with Gasteiger partial charge in [-0.25, -0.2) is 17.8 Å². The Kier molecular flexibility index (Phi) is 5.41. The predicted molar refractivity (Wildman–Crippen MR) is 102 cm³/mol. The molecular formula is C18H20FN5O2S. The van der Waals surface area contributed by atoms with Crippen molar-refractivity contribution in [2.45, 2.75) is 25.2 Å². The Bertz CT molecular complexity index is 995. The fraction of sp³-hybridized carbons (Fsp3) is 0.222. The van der Waals surface area contributed by atoms with Gasteiger partial charge < -0.3 is 5.32 Å². The molecule has 0 saturated carbocycles. The molecule has 0 saturated heterocycles. The summed E-state index contributed by atoms with van der Waals surface area (Å²) in [5, 5.41) is 9.76. The minimum absolute atomic E-state index is 0.130. The van der Waals surface area contributed by atoms with Crippen molar-refractivity contribution in [1.29, 1.82) is 0 Å². The fourth-order valence-corrected chi connectivity index (χ4v) is 4.07. The van der Waals surface area contributed by atoms with Crippen LogP contribution in [0, 0.1) is 19.7 Å². The van der Waals surface area contributed by atoms with Gasteiger partial charge in [0.15, 0.2) is 0 Å². The number of aromatic amines is 1. The van der Waals surface area contributed by atoms with Crippen molar-refractivity contribution in [3.05, 3.63) is 65.4 Å². The maximum absolute atomic E-state index is 12.9. The molecule has 0 fully saturated rings. The molecule has 0 aliphatic carbocycles. The van der Waals surface area contributed by atoms with Crippen LogP contribution in [0.3, 0.4) is 0 Å². The Morgan fingerprint density at radius 3 is 2.44 bits per heavy atom. The number of H-pyrrole nitrogens is 1. The summed E-state index contributed by atoms with van der Waals surface area (Å²) >= 11 is 0. The van der Waals surface area contributed by atoms with Gasteiger partial charge in [-0.3, -0.25) is 9.82 Å². The molecule has 0 spiro atoms. The summed E-state index contributed by atoms with van der Waals surface area (Å²) in [6.45, 7) is 3.92. The number of aromatic nitrogens is 3. The molecule has 2 aromatic heterocycles. The minimum Gasteiger partial charge on any atom is -0.383 e. The van der Waals surface area contributed by atoms with E-state index in [1.54, 1.807) is 44.3 Å². The van der Waals surface area contributed by atoms with Crippen LogP contribution in [0.15, 0.2) is 47.5 Å². The van der Waals surface area contributed by atoms with Crippen LogP contribution in [-0.2, 0) is 16.4 Å². The third-order valence-electron chi connectivity index (χ3n) is 3.99. The molecule has 0 bridgehead atoms. The maximum atomic E-state index is 12.9. The molecule has 0 unspecified atom stereocenters. The van der Waals surface area contributed by atoms with E-state index in [2.05, 4.69) is 25.2 Å². The number of sulfonamides is 1. The van der Waals surface area contributed by atoms with Gasteiger partial charge in [-0.2, -0.15) is 5.10 Å². The molecular weight excluding hydrogens is 369 g/mol. The van der Waals surface area contributed by atoms with Crippen molar-refractivity contribution in [1.82, 2.24) is 15.2 Å². The smallest absolute Gasteiger partial charge is 0.266 e. The minimum atomic E-state index is -3.76. The van der Waals surface area contributed by atoms with E-state index in [-0.39, 0.29) is 16.5 Å². The molecule has 3 aromatic rings. The van der Waals surface area contributed by atoms with E-state index in [4.69, 9.17) is 0 Å². The van der Waals surface area contributed by atoms with E-state index < -0.39 is 10.0 Å². The van der Waals surface area contributed by atoms with Crippen LogP contribution < -0.4 is 10.0 Å². The number of anilines is 2. The number of halogens is 1. The molecule has 27 heavy (non-hydrogen) atoms. The van der Waals surface area contributed by atoms with Crippen molar-refractivity contribution in [3.8, 4) is 0 Å². The first-order valence-electron chi connectivity index (χ1n) is 8.34. The lowest BCUT2D eigenvalue weighted by Crippen LogP contribution is -2.15. The second kappa shape index (κ2) is 7.75. The Hall–Kier alpha value is -2.94. The van der Waals surface area contributed by atoms with Gasteiger partial charge in [-0.15, -0.1) is 0 Å². The lowest BCUT2D eigenvalue weighted by molar-refractivity contribution is 0.600. The summed E-state index contributed by atoms with van der Waals surface area (Å²) in [6, 6.07) is 9.68. The number of nitrogens with zero attached hydrogens (tertiary/aromatic N) is 2. The summed E-state index contributed by atoms with van der Waals surface area (Å²) in [6.07, 6.45) is 2.28. The molecule has 0 amide bonds. The van der Waals surface area contributed by atoms with E-state index in [9.17, 15) is 12.8 Å². The van der Waals surface area contributed by atoms with Gasteiger partial charge in [0, 0.05) is 6.54 Å². The van der Waals surface area contributed by atoms with Gasteiger partial charge >= 0.3 is 0 Å². The average Bonchev–Trinajstić information content (AvgIpc) is 2.97. The van der Waals surface area contributed by atoms with Crippen LogP contribution in [0.5, 0.6) is 0 Å². The quantitative estimate of drug-likeness (QED) is 0.577. The van der Waals surface area contributed by atoms with Crippen molar-refractivity contribution in [3.63, 3.8) is 0 Å². The number of aryl methyl sites for hydroxylation is 2. The van der Waals surface area contributed by atoms with Crippen LogP contribution in [0.2, 0.25) is 0 Å². The summed E-state index contributed by atoms with van der Waals surface area (Å²) in [5.74, 6) is -0.0335. The maximum Gasteiger partial charge on any atom is 0.266 e. The number of hydrogen-bond donors (Lipinski definition) is 3. The number of rotatable bonds is 7. The topological polar surface area (TPSA) is 99.8 Å². The predicted octanol–water partition coefficient (Wildman–Crippen LogP) is 3.02. The van der Waals surface area contributed by atoms with Crippen LogP contribution in [0.25, 0.3) is 0 Å². The van der Waals surface area contributed by atoms with Gasteiger partial charge in [0.25, 0.3) is 10.0 Å². The summed E-state index contributed by atoms with van der Waals surface area (Å²) in [4.78, 5) is 4.27. The molecule has 2 heterocycles. The first-order chi connectivity index (χ1) is 12.8. The second-order valence-corrected chi connectivity index (χ2v) is 7.72. The molecule has 0 atom stereocenters. The zero-order valence-electron chi connectivity index (χ0n) is 15.0. The SMILES string of the molecule is Cc1n[nH]c(C)c1S(=O)(=O)Nc1ccc(NCCc2ccc(F)cc2)cn1. The van der Waals surface area contributed by atoms with E-state index in [0.717, 1.165) is 17.7 Å². The molecule has 0 radical (unpaired) electrons. The van der Waals surface area contributed by atoms with Gasteiger partial charge in [0.2, 0.25) is 0 Å². The number of benzene rings is 1. The zero-order valence-corrected chi connectivity index (χ0v) is 15.8. The van der Waals surface area contributed by atoms with Crippen LogP contribution in [-0.4, -0.2) is 30.1 Å². The van der Waals surface area contributed by atoms with E-state index in [1.807, 2.05) is 0 Å². The third kappa shape index (κ3) is 4.62. The highest BCUT2D eigenvalue weighted by Gasteiger charge is 2.22. The van der Waals surface area contributed by atoms with Crippen molar-refractivity contribution < 1.29 is 12.8 Å². The zero-order chi connectivity index (χ0) is 19.4. The Balaban J connectivity index is 1.59. The largest absolute Gasteiger partial charge is 0.383 e. The highest BCUT2D eigenvalue weighted by Crippen LogP contribution is 2.20. The van der Waals surface area contributed by atoms with Crippen LogP contribution >= 0.6 is 0 Å².